The predicted molar refractivity (Wildman–Crippen MR) is 84.5 cm³/mol. The molecule has 0 spiro atoms. The van der Waals surface area contributed by atoms with E-state index in [4.69, 9.17) is 9.47 Å². The second-order valence-corrected chi connectivity index (χ2v) is 5.05. The van der Waals surface area contributed by atoms with Gasteiger partial charge in [0.05, 0.1) is 7.11 Å². The highest BCUT2D eigenvalue weighted by atomic mass is 35.5. The molecule has 21 heavy (non-hydrogen) atoms. The Morgan fingerprint density at radius 2 is 2.24 bits per heavy atom. The van der Waals surface area contributed by atoms with Crippen LogP contribution in [0.4, 0.5) is 0 Å². The van der Waals surface area contributed by atoms with Gasteiger partial charge in [0.1, 0.15) is 0 Å². The maximum absolute atomic E-state index is 11.8. The SMILES string of the molecule is COc1cc(C)ccc1OCC(=O)N[C@H]1CCCNC1.Cl. The van der Waals surface area contributed by atoms with E-state index in [1.54, 1.807) is 7.11 Å². The van der Waals surface area contributed by atoms with Gasteiger partial charge in [0.2, 0.25) is 0 Å². The average Bonchev–Trinajstić information content (AvgIpc) is 2.47. The van der Waals surface area contributed by atoms with Crippen molar-refractivity contribution in [2.45, 2.75) is 25.8 Å². The largest absolute Gasteiger partial charge is 0.493 e. The molecule has 1 aliphatic heterocycles. The van der Waals surface area contributed by atoms with Crippen molar-refractivity contribution >= 4 is 18.3 Å². The van der Waals surface area contributed by atoms with Gasteiger partial charge in [-0.05, 0) is 44.0 Å². The zero-order chi connectivity index (χ0) is 14.4. The molecule has 0 aliphatic carbocycles. The second kappa shape index (κ2) is 8.74. The van der Waals surface area contributed by atoms with Gasteiger partial charge in [-0.2, -0.15) is 0 Å². The van der Waals surface area contributed by atoms with Gasteiger partial charge in [0.25, 0.3) is 5.91 Å². The molecule has 1 aromatic carbocycles. The Kier molecular flexibility index (Phi) is 7.32. The summed E-state index contributed by atoms with van der Waals surface area (Å²) in [5.41, 5.74) is 1.09. The molecule has 1 fully saturated rings. The number of nitrogens with one attached hydrogen (secondary N) is 2. The fourth-order valence-electron chi connectivity index (χ4n) is 2.28. The number of carbonyl (C=O) groups excluding carboxylic acids is 1. The van der Waals surface area contributed by atoms with Gasteiger partial charge in [-0.3, -0.25) is 4.79 Å². The van der Waals surface area contributed by atoms with Crippen LogP contribution in [-0.2, 0) is 4.79 Å². The van der Waals surface area contributed by atoms with Crippen LogP contribution in [0, 0.1) is 6.92 Å². The molecule has 2 rings (SSSR count). The topological polar surface area (TPSA) is 59.6 Å². The predicted octanol–water partition coefficient (Wildman–Crippen LogP) is 1.67. The van der Waals surface area contributed by atoms with Gasteiger partial charge in [0, 0.05) is 12.6 Å². The highest BCUT2D eigenvalue weighted by Crippen LogP contribution is 2.27. The van der Waals surface area contributed by atoms with E-state index in [0.717, 1.165) is 31.5 Å². The van der Waals surface area contributed by atoms with E-state index >= 15 is 0 Å². The third-order valence-corrected chi connectivity index (χ3v) is 3.34. The fourth-order valence-corrected chi connectivity index (χ4v) is 2.28. The molecule has 6 heteroatoms. The van der Waals surface area contributed by atoms with E-state index in [-0.39, 0.29) is 31.0 Å². The zero-order valence-corrected chi connectivity index (χ0v) is 13.3. The lowest BCUT2D eigenvalue weighted by atomic mass is 10.1. The van der Waals surface area contributed by atoms with Crippen molar-refractivity contribution in [3.63, 3.8) is 0 Å². The van der Waals surface area contributed by atoms with E-state index < -0.39 is 0 Å². The van der Waals surface area contributed by atoms with Gasteiger partial charge < -0.3 is 20.1 Å². The number of ether oxygens (including phenoxy) is 2. The summed E-state index contributed by atoms with van der Waals surface area (Å²) in [6.45, 7) is 3.86. The number of rotatable bonds is 5. The van der Waals surface area contributed by atoms with Crippen molar-refractivity contribution in [1.82, 2.24) is 10.6 Å². The fraction of sp³-hybridized carbons (Fsp3) is 0.533. The van der Waals surface area contributed by atoms with Gasteiger partial charge in [-0.1, -0.05) is 6.07 Å². The van der Waals surface area contributed by atoms with Crippen LogP contribution in [0.2, 0.25) is 0 Å². The molecule has 1 saturated heterocycles. The van der Waals surface area contributed by atoms with Crippen LogP contribution in [0.1, 0.15) is 18.4 Å². The van der Waals surface area contributed by atoms with E-state index in [1.807, 2.05) is 25.1 Å². The molecular formula is C15H23ClN2O3. The summed E-state index contributed by atoms with van der Waals surface area (Å²) < 4.78 is 10.8. The first-order valence-electron chi connectivity index (χ1n) is 6.96. The van der Waals surface area contributed by atoms with Crippen LogP contribution in [0.25, 0.3) is 0 Å². The number of piperidine rings is 1. The van der Waals surface area contributed by atoms with E-state index in [9.17, 15) is 4.79 Å². The lowest BCUT2D eigenvalue weighted by Crippen LogP contribution is -2.47. The van der Waals surface area contributed by atoms with Crippen LogP contribution < -0.4 is 20.1 Å². The minimum atomic E-state index is -0.0960. The maximum Gasteiger partial charge on any atom is 0.258 e. The lowest BCUT2D eigenvalue weighted by Gasteiger charge is -2.23. The molecular weight excluding hydrogens is 292 g/mol. The number of methoxy groups -OCH3 is 1. The van der Waals surface area contributed by atoms with Crippen LogP contribution in [0.5, 0.6) is 11.5 Å². The Balaban J connectivity index is 0.00000220. The molecule has 0 aromatic heterocycles. The van der Waals surface area contributed by atoms with E-state index in [0.29, 0.717) is 11.5 Å². The normalized spacial score (nSPS) is 17.5. The number of aryl methyl sites for hydroxylation is 1. The number of carbonyl (C=O) groups is 1. The molecule has 0 bridgehead atoms. The summed E-state index contributed by atoms with van der Waals surface area (Å²) in [6.07, 6.45) is 2.12. The molecule has 0 saturated carbocycles. The summed E-state index contributed by atoms with van der Waals surface area (Å²) in [6, 6.07) is 5.85. The second-order valence-electron chi connectivity index (χ2n) is 5.05. The molecule has 1 amide bonds. The van der Waals surface area contributed by atoms with Crippen LogP contribution in [0.15, 0.2) is 18.2 Å². The summed E-state index contributed by atoms with van der Waals surface area (Å²) in [4.78, 5) is 11.8. The Morgan fingerprint density at radius 1 is 1.43 bits per heavy atom. The number of amides is 1. The third-order valence-electron chi connectivity index (χ3n) is 3.34. The lowest BCUT2D eigenvalue weighted by molar-refractivity contribution is -0.123. The van der Waals surface area contributed by atoms with Gasteiger partial charge in [-0.15, -0.1) is 12.4 Å². The number of benzene rings is 1. The molecule has 118 valence electrons. The summed E-state index contributed by atoms with van der Waals surface area (Å²) in [7, 11) is 1.59. The summed E-state index contributed by atoms with van der Waals surface area (Å²) in [5, 5.41) is 6.23. The molecule has 5 nitrogen and oxygen atoms in total. The third kappa shape index (κ3) is 5.44. The van der Waals surface area contributed by atoms with E-state index in [2.05, 4.69) is 10.6 Å². The van der Waals surface area contributed by atoms with Crippen molar-refractivity contribution in [2.24, 2.45) is 0 Å². The molecule has 2 N–H and O–H groups in total. The summed E-state index contributed by atoms with van der Waals surface area (Å²) in [5.74, 6) is 1.15. The molecule has 0 radical (unpaired) electrons. The standard InChI is InChI=1S/C15H22N2O3.ClH/c1-11-5-6-13(14(8-11)19-2)20-10-15(18)17-12-4-3-7-16-9-12;/h5-6,8,12,16H,3-4,7,9-10H2,1-2H3,(H,17,18);1H/t12-;/m0./s1. The Labute approximate surface area is 131 Å². The Morgan fingerprint density at radius 3 is 2.90 bits per heavy atom. The maximum atomic E-state index is 11.8. The van der Waals surface area contributed by atoms with Crippen LogP contribution in [0.3, 0.4) is 0 Å². The van der Waals surface area contributed by atoms with Crippen molar-refractivity contribution < 1.29 is 14.3 Å². The Bertz CT molecular complexity index is 462. The Hall–Kier alpha value is -1.46. The van der Waals surface area contributed by atoms with E-state index in [1.165, 1.54) is 0 Å². The monoisotopic (exact) mass is 314 g/mol. The van der Waals surface area contributed by atoms with Crippen LogP contribution in [-0.4, -0.2) is 38.8 Å². The van der Waals surface area contributed by atoms with Gasteiger partial charge in [0.15, 0.2) is 18.1 Å². The first-order valence-corrected chi connectivity index (χ1v) is 6.96. The highest BCUT2D eigenvalue weighted by molar-refractivity contribution is 5.85. The van der Waals surface area contributed by atoms with Crippen molar-refractivity contribution in [3.05, 3.63) is 23.8 Å². The van der Waals surface area contributed by atoms with Crippen LogP contribution >= 0.6 is 12.4 Å². The van der Waals surface area contributed by atoms with Gasteiger partial charge >= 0.3 is 0 Å². The number of hydrogen-bond donors (Lipinski definition) is 2. The van der Waals surface area contributed by atoms with Crippen molar-refractivity contribution in [1.29, 1.82) is 0 Å². The molecule has 1 heterocycles. The highest BCUT2D eigenvalue weighted by Gasteiger charge is 2.16. The molecule has 1 aliphatic rings. The summed E-state index contributed by atoms with van der Waals surface area (Å²) >= 11 is 0. The minimum absolute atomic E-state index is 0. The van der Waals surface area contributed by atoms with Gasteiger partial charge in [-0.25, -0.2) is 0 Å². The smallest absolute Gasteiger partial charge is 0.258 e. The number of hydrogen-bond acceptors (Lipinski definition) is 4. The quantitative estimate of drug-likeness (QED) is 0.868. The number of halogens is 1. The molecule has 1 atom stereocenters. The van der Waals surface area contributed by atoms with Crippen molar-refractivity contribution in [2.75, 3.05) is 26.8 Å². The average molecular weight is 315 g/mol. The molecule has 1 aromatic rings. The molecule has 0 unspecified atom stereocenters. The van der Waals surface area contributed by atoms with Crippen molar-refractivity contribution in [3.8, 4) is 11.5 Å². The first-order chi connectivity index (χ1) is 9.69. The minimum Gasteiger partial charge on any atom is -0.493 e. The zero-order valence-electron chi connectivity index (χ0n) is 12.5. The first kappa shape index (κ1) is 17.6.